The molecule has 1 saturated heterocycles. The Kier molecular flexibility index (Phi) is 6.48. The van der Waals surface area contributed by atoms with Crippen LogP contribution < -0.4 is 0 Å². The van der Waals surface area contributed by atoms with Crippen LogP contribution in [0.1, 0.15) is 46.3 Å². The molecule has 1 aliphatic heterocycles. The van der Waals surface area contributed by atoms with Crippen LogP contribution >= 0.6 is 11.3 Å². The van der Waals surface area contributed by atoms with Gasteiger partial charge in [-0.05, 0) is 61.2 Å². The highest BCUT2D eigenvalue weighted by Crippen LogP contribution is 2.32. The molecule has 188 valence electrons. The first-order valence-corrected chi connectivity index (χ1v) is 14.4. The van der Waals surface area contributed by atoms with Crippen molar-refractivity contribution in [1.82, 2.24) is 19.0 Å². The van der Waals surface area contributed by atoms with E-state index in [0.717, 1.165) is 32.7 Å². The number of benzene rings is 2. The van der Waals surface area contributed by atoms with Crippen molar-refractivity contribution in [2.75, 3.05) is 26.2 Å². The summed E-state index contributed by atoms with van der Waals surface area (Å²) in [5, 5.41) is 5.65. The first kappa shape index (κ1) is 24.7. The van der Waals surface area contributed by atoms with Gasteiger partial charge in [-0.25, -0.2) is 13.1 Å². The lowest BCUT2D eigenvalue weighted by Crippen LogP contribution is -2.50. The Morgan fingerprint density at radius 3 is 2.31 bits per heavy atom. The van der Waals surface area contributed by atoms with E-state index in [4.69, 9.17) is 0 Å². The number of carbonyl (C=O) groups excluding carboxylic acids is 1. The van der Waals surface area contributed by atoms with Crippen LogP contribution in [0, 0.1) is 13.8 Å². The van der Waals surface area contributed by atoms with Crippen molar-refractivity contribution in [3.8, 4) is 5.69 Å². The van der Waals surface area contributed by atoms with Crippen molar-refractivity contribution in [2.24, 2.45) is 0 Å². The van der Waals surface area contributed by atoms with Crippen molar-refractivity contribution in [3.05, 3.63) is 76.3 Å². The van der Waals surface area contributed by atoms with Crippen molar-refractivity contribution < 1.29 is 13.2 Å². The first-order valence-electron chi connectivity index (χ1n) is 12.1. The predicted molar refractivity (Wildman–Crippen MR) is 144 cm³/mol. The Bertz CT molecular complexity index is 1530. The summed E-state index contributed by atoms with van der Waals surface area (Å²) in [7, 11) is -3.59. The van der Waals surface area contributed by atoms with Crippen molar-refractivity contribution in [3.63, 3.8) is 0 Å². The molecule has 0 unspecified atom stereocenters. The van der Waals surface area contributed by atoms with E-state index in [2.05, 4.69) is 25.0 Å². The van der Waals surface area contributed by atoms with Gasteiger partial charge in [-0.1, -0.05) is 38.1 Å². The average molecular weight is 523 g/mol. The second kappa shape index (κ2) is 9.46. The highest BCUT2D eigenvalue weighted by atomic mass is 32.2. The van der Waals surface area contributed by atoms with Crippen molar-refractivity contribution in [1.29, 1.82) is 0 Å². The molecular weight excluding hydrogens is 492 g/mol. The molecule has 0 spiro atoms. The van der Waals surface area contributed by atoms with E-state index in [1.807, 2.05) is 54.9 Å². The number of carbonyl (C=O) groups is 1. The quantitative estimate of drug-likeness (QED) is 0.371. The van der Waals surface area contributed by atoms with Crippen LogP contribution in [0.4, 0.5) is 0 Å². The minimum atomic E-state index is -3.59. The van der Waals surface area contributed by atoms with Gasteiger partial charge in [0.15, 0.2) is 0 Å². The molecule has 0 atom stereocenters. The summed E-state index contributed by atoms with van der Waals surface area (Å²) in [6.07, 6.45) is 0. The van der Waals surface area contributed by atoms with E-state index in [9.17, 15) is 13.2 Å². The van der Waals surface area contributed by atoms with Crippen LogP contribution in [0.3, 0.4) is 0 Å². The SMILES string of the molecule is Cc1cccc(-n2nc(C)c3cc(C(=O)N4CCN(S(=O)(=O)c5ccc(C(C)C)cc5)CC4)sc32)c1. The maximum Gasteiger partial charge on any atom is 0.264 e. The molecule has 0 N–H and O–H groups in total. The number of nitrogens with zero attached hydrogens (tertiary/aromatic N) is 4. The van der Waals surface area contributed by atoms with Gasteiger partial charge in [0.2, 0.25) is 10.0 Å². The van der Waals surface area contributed by atoms with Crippen LogP contribution in [-0.2, 0) is 10.0 Å². The average Bonchev–Trinajstić information content (AvgIpc) is 3.44. The Morgan fingerprint density at radius 2 is 1.67 bits per heavy atom. The summed E-state index contributed by atoms with van der Waals surface area (Å²) < 4.78 is 29.7. The monoisotopic (exact) mass is 522 g/mol. The lowest BCUT2D eigenvalue weighted by atomic mass is 10.0. The molecule has 0 bridgehead atoms. The number of hydrogen-bond acceptors (Lipinski definition) is 5. The third-order valence-corrected chi connectivity index (χ3v) is 9.72. The summed E-state index contributed by atoms with van der Waals surface area (Å²) >= 11 is 1.43. The minimum Gasteiger partial charge on any atom is -0.335 e. The van der Waals surface area contributed by atoms with Gasteiger partial charge in [-0.2, -0.15) is 9.40 Å². The molecule has 1 amide bonds. The molecule has 4 aromatic rings. The van der Waals surface area contributed by atoms with E-state index >= 15 is 0 Å². The Hall–Kier alpha value is -3.01. The number of aromatic nitrogens is 2. The molecule has 2 aromatic heterocycles. The number of sulfonamides is 1. The van der Waals surface area contributed by atoms with Crippen molar-refractivity contribution in [2.45, 2.75) is 38.5 Å². The fraction of sp³-hybridized carbons (Fsp3) is 0.333. The molecule has 36 heavy (non-hydrogen) atoms. The Morgan fingerprint density at radius 1 is 0.972 bits per heavy atom. The second-order valence-electron chi connectivity index (χ2n) is 9.59. The van der Waals surface area contributed by atoms with E-state index in [-0.39, 0.29) is 19.0 Å². The topological polar surface area (TPSA) is 75.5 Å². The molecule has 7 nitrogen and oxygen atoms in total. The van der Waals surface area contributed by atoms with E-state index in [1.54, 1.807) is 17.0 Å². The Labute approximate surface area is 216 Å². The van der Waals surface area contributed by atoms with Gasteiger partial charge < -0.3 is 4.90 Å². The third kappa shape index (κ3) is 4.47. The van der Waals surface area contributed by atoms with Gasteiger partial charge in [-0.15, -0.1) is 11.3 Å². The lowest BCUT2D eigenvalue weighted by Gasteiger charge is -2.33. The fourth-order valence-electron chi connectivity index (χ4n) is 4.55. The first-order chi connectivity index (χ1) is 17.1. The molecule has 0 aliphatic carbocycles. The number of rotatable bonds is 5. The standard InChI is InChI=1S/C27H30N4O3S2/c1-18(2)21-8-10-23(11-9-21)36(33,34)30-14-12-29(13-15-30)26(32)25-17-24-20(4)28-31(27(24)35-25)22-7-5-6-19(3)16-22/h5-11,16-18H,12-15H2,1-4H3. The second-order valence-corrected chi connectivity index (χ2v) is 12.6. The van der Waals surface area contributed by atoms with Gasteiger partial charge >= 0.3 is 0 Å². The zero-order valence-corrected chi connectivity index (χ0v) is 22.6. The smallest absolute Gasteiger partial charge is 0.264 e. The summed E-state index contributed by atoms with van der Waals surface area (Å²) in [5.74, 6) is 0.276. The number of amides is 1. The maximum atomic E-state index is 13.3. The van der Waals surface area contributed by atoms with Gasteiger partial charge in [0, 0.05) is 31.6 Å². The van der Waals surface area contributed by atoms with Crippen LogP contribution in [0.25, 0.3) is 15.9 Å². The zero-order chi connectivity index (χ0) is 25.6. The van der Waals surface area contributed by atoms with Gasteiger partial charge in [-0.3, -0.25) is 4.79 Å². The molecule has 0 radical (unpaired) electrons. The molecule has 3 heterocycles. The zero-order valence-electron chi connectivity index (χ0n) is 20.9. The lowest BCUT2D eigenvalue weighted by molar-refractivity contribution is 0.0703. The molecule has 0 saturated carbocycles. The normalized spacial score (nSPS) is 15.2. The molecule has 9 heteroatoms. The van der Waals surface area contributed by atoms with Crippen molar-refractivity contribution >= 4 is 37.5 Å². The molecular formula is C27H30N4O3S2. The van der Waals surface area contributed by atoms with Crippen LogP contribution in [0.5, 0.6) is 0 Å². The molecule has 2 aromatic carbocycles. The third-order valence-electron chi connectivity index (χ3n) is 6.71. The fourth-order valence-corrected chi connectivity index (χ4v) is 7.12. The van der Waals surface area contributed by atoms with E-state index in [1.165, 1.54) is 15.6 Å². The van der Waals surface area contributed by atoms with Gasteiger partial charge in [0.1, 0.15) is 4.83 Å². The maximum absolute atomic E-state index is 13.3. The summed E-state index contributed by atoms with van der Waals surface area (Å²) in [6.45, 7) is 9.43. The minimum absolute atomic E-state index is 0.0651. The Balaban J connectivity index is 1.32. The van der Waals surface area contributed by atoms with Crippen LogP contribution in [-0.4, -0.2) is 59.5 Å². The molecule has 1 fully saturated rings. The predicted octanol–water partition coefficient (Wildman–Crippen LogP) is 4.97. The number of piperazine rings is 1. The van der Waals surface area contributed by atoms with Gasteiger partial charge in [0.05, 0.1) is 21.2 Å². The van der Waals surface area contributed by atoms with E-state index in [0.29, 0.717) is 28.8 Å². The number of hydrogen-bond donors (Lipinski definition) is 0. The number of thiophene rings is 1. The largest absolute Gasteiger partial charge is 0.335 e. The molecule has 1 aliphatic rings. The highest BCUT2D eigenvalue weighted by molar-refractivity contribution is 7.89. The molecule has 5 rings (SSSR count). The summed E-state index contributed by atoms with van der Waals surface area (Å²) in [4.78, 5) is 17.0. The van der Waals surface area contributed by atoms with Crippen LogP contribution in [0.15, 0.2) is 59.5 Å². The van der Waals surface area contributed by atoms with E-state index < -0.39 is 10.0 Å². The number of fused-ring (bicyclic) bond motifs is 1. The summed E-state index contributed by atoms with van der Waals surface area (Å²) in [6, 6.07) is 17.1. The number of aryl methyl sites for hydroxylation is 2. The van der Waals surface area contributed by atoms with Gasteiger partial charge in [0.25, 0.3) is 5.91 Å². The summed E-state index contributed by atoms with van der Waals surface area (Å²) in [5.41, 5.74) is 4.09. The highest BCUT2D eigenvalue weighted by Gasteiger charge is 2.31. The van der Waals surface area contributed by atoms with Crippen LogP contribution in [0.2, 0.25) is 0 Å².